The standard InChI is InChI=1S/C21H21ClN4O2/c1-28-19-10-9-16(22)14-18(19)25-20(27)17-11-13-24-21(26-17)23-12-5-8-15-6-3-2-4-7-15/h2-4,6-7,9-11,13-14H,5,8,12H2,1H3,(H,25,27)(H,23,24,26). The summed E-state index contributed by atoms with van der Waals surface area (Å²) in [6, 6.07) is 16.8. The lowest BCUT2D eigenvalue weighted by Crippen LogP contribution is -2.16. The van der Waals surface area contributed by atoms with Crippen molar-refractivity contribution in [2.75, 3.05) is 24.3 Å². The van der Waals surface area contributed by atoms with Gasteiger partial charge in [0.05, 0.1) is 12.8 Å². The Morgan fingerprint density at radius 2 is 1.96 bits per heavy atom. The van der Waals surface area contributed by atoms with Gasteiger partial charge in [-0.25, -0.2) is 9.97 Å². The lowest BCUT2D eigenvalue weighted by Gasteiger charge is -2.11. The van der Waals surface area contributed by atoms with Crippen LogP contribution in [0.15, 0.2) is 60.8 Å². The van der Waals surface area contributed by atoms with Crippen molar-refractivity contribution in [1.29, 1.82) is 0 Å². The van der Waals surface area contributed by atoms with E-state index in [0.717, 1.165) is 12.8 Å². The number of halogens is 1. The summed E-state index contributed by atoms with van der Waals surface area (Å²) in [5.74, 6) is 0.570. The highest BCUT2D eigenvalue weighted by Gasteiger charge is 2.12. The number of methoxy groups -OCH3 is 1. The lowest BCUT2D eigenvalue weighted by atomic mass is 10.1. The van der Waals surface area contributed by atoms with Crippen LogP contribution >= 0.6 is 11.6 Å². The molecule has 0 fully saturated rings. The number of carbonyl (C=O) groups excluding carboxylic acids is 1. The summed E-state index contributed by atoms with van der Waals surface area (Å²) < 4.78 is 5.24. The number of anilines is 2. The minimum atomic E-state index is -0.365. The van der Waals surface area contributed by atoms with E-state index in [0.29, 0.717) is 29.0 Å². The number of aromatic nitrogens is 2. The zero-order valence-corrected chi connectivity index (χ0v) is 16.2. The highest BCUT2D eigenvalue weighted by atomic mass is 35.5. The summed E-state index contributed by atoms with van der Waals surface area (Å²) in [6.45, 7) is 0.710. The molecule has 0 aliphatic heterocycles. The van der Waals surface area contributed by atoms with Crippen LogP contribution in [-0.2, 0) is 6.42 Å². The van der Waals surface area contributed by atoms with Crippen LogP contribution in [0.25, 0.3) is 0 Å². The number of rotatable bonds is 8. The third kappa shape index (κ3) is 5.44. The average molecular weight is 397 g/mol. The molecule has 0 bridgehead atoms. The van der Waals surface area contributed by atoms with E-state index in [9.17, 15) is 4.79 Å². The zero-order valence-electron chi connectivity index (χ0n) is 15.5. The van der Waals surface area contributed by atoms with E-state index in [2.05, 4.69) is 32.7 Å². The largest absolute Gasteiger partial charge is 0.495 e. The van der Waals surface area contributed by atoms with Gasteiger partial charge in [0, 0.05) is 17.8 Å². The highest BCUT2D eigenvalue weighted by molar-refractivity contribution is 6.31. The quantitative estimate of drug-likeness (QED) is 0.550. The molecular formula is C21H21ClN4O2. The van der Waals surface area contributed by atoms with E-state index in [-0.39, 0.29) is 11.6 Å². The summed E-state index contributed by atoms with van der Waals surface area (Å²) in [6.07, 6.45) is 3.45. The van der Waals surface area contributed by atoms with Crippen LogP contribution in [0.3, 0.4) is 0 Å². The van der Waals surface area contributed by atoms with Gasteiger partial charge >= 0.3 is 0 Å². The fourth-order valence-electron chi connectivity index (χ4n) is 2.67. The second kappa shape index (κ2) is 9.71. The van der Waals surface area contributed by atoms with Gasteiger partial charge in [0.25, 0.3) is 5.91 Å². The number of nitrogens with one attached hydrogen (secondary N) is 2. The molecular weight excluding hydrogens is 376 g/mol. The number of nitrogens with zero attached hydrogens (tertiary/aromatic N) is 2. The maximum Gasteiger partial charge on any atom is 0.274 e. The van der Waals surface area contributed by atoms with Crippen LogP contribution in [0, 0.1) is 0 Å². The third-order valence-corrected chi connectivity index (χ3v) is 4.30. The molecule has 1 aromatic heterocycles. The van der Waals surface area contributed by atoms with Crippen LogP contribution < -0.4 is 15.4 Å². The van der Waals surface area contributed by atoms with Gasteiger partial charge in [-0.2, -0.15) is 0 Å². The predicted octanol–water partition coefficient (Wildman–Crippen LogP) is 4.44. The summed E-state index contributed by atoms with van der Waals surface area (Å²) in [5.41, 5.74) is 2.02. The van der Waals surface area contributed by atoms with E-state index in [4.69, 9.17) is 16.3 Å². The molecule has 0 spiro atoms. The van der Waals surface area contributed by atoms with Gasteiger partial charge in [-0.3, -0.25) is 4.79 Å². The van der Waals surface area contributed by atoms with Crippen molar-refractivity contribution in [2.45, 2.75) is 12.8 Å². The molecule has 3 aromatic rings. The van der Waals surface area contributed by atoms with E-state index in [1.165, 1.54) is 12.7 Å². The molecule has 144 valence electrons. The summed E-state index contributed by atoms with van der Waals surface area (Å²) in [4.78, 5) is 21.0. The van der Waals surface area contributed by atoms with E-state index in [1.54, 1.807) is 30.5 Å². The van der Waals surface area contributed by atoms with Gasteiger partial charge in [0.1, 0.15) is 11.4 Å². The number of aryl methyl sites for hydroxylation is 1. The van der Waals surface area contributed by atoms with Crippen molar-refractivity contribution in [3.05, 3.63) is 77.1 Å². The zero-order chi connectivity index (χ0) is 19.8. The first-order valence-corrected chi connectivity index (χ1v) is 9.29. The first kappa shape index (κ1) is 19.6. The molecule has 0 saturated carbocycles. The molecule has 6 nitrogen and oxygen atoms in total. The van der Waals surface area contributed by atoms with Crippen molar-refractivity contribution in [2.24, 2.45) is 0 Å². The Hall–Kier alpha value is -3.12. The molecule has 0 unspecified atom stereocenters. The fraction of sp³-hybridized carbons (Fsp3) is 0.190. The minimum absolute atomic E-state index is 0.252. The molecule has 0 saturated heterocycles. The van der Waals surface area contributed by atoms with Crippen LogP contribution in [-0.4, -0.2) is 29.5 Å². The number of ether oxygens (including phenoxy) is 1. The Balaban J connectivity index is 1.58. The minimum Gasteiger partial charge on any atom is -0.495 e. The molecule has 0 aliphatic rings. The summed E-state index contributed by atoms with van der Waals surface area (Å²) in [7, 11) is 1.53. The van der Waals surface area contributed by atoms with E-state index < -0.39 is 0 Å². The third-order valence-electron chi connectivity index (χ3n) is 4.07. The number of hydrogen-bond acceptors (Lipinski definition) is 5. The first-order valence-electron chi connectivity index (χ1n) is 8.91. The van der Waals surface area contributed by atoms with Crippen molar-refractivity contribution < 1.29 is 9.53 Å². The van der Waals surface area contributed by atoms with Gasteiger partial charge in [0.15, 0.2) is 0 Å². The predicted molar refractivity (Wildman–Crippen MR) is 111 cm³/mol. The Morgan fingerprint density at radius 3 is 2.75 bits per heavy atom. The topological polar surface area (TPSA) is 76.1 Å². The lowest BCUT2D eigenvalue weighted by molar-refractivity contribution is 0.102. The molecule has 2 aromatic carbocycles. The van der Waals surface area contributed by atoms with E-state index in [1.807, 2.05) is 18.2 Å². The summed E-state index contributed by atoms with van der Waals surface area (Å²) >= 11 is 6.00. The molecule has 2 N–H and O–H groups in total. The van der Waals surface area contributed by atoms with Gasteiger partial charge in [-0.1, -0.05) is 41.9 Å². The molecule has 0 radical (unpaired) electrons. The number of benzene rings is 2. The van der Waals surface area contributed by atoms with Gasteiger partial charge in [-0.15, -0.1) is 0 Å². The highest BCUT2D eigenvalue weighted by Crippen LogP contribution is 2.28. The van der Waals surface area contributed by atoms with Crippen molar-refractivity contribution in [3.8, 4) is 5.75 Å². The first-order chi connectivity index (χ1) is 13.7. The molecule has 1 amide bonds. The maximum absolute atomic E-state index is 12.5. The number of amides is 1. The van der Waals surface area contributed by atoms with Crippen molar-refractivity contribution in [3.63, 3.8) is 0 Å². The van der Waals surface area contributed by atoms with Crippen LogP contribution in [0.2, 0.25) is 5.02 Å². The molecule has 0 aliphatic carbocycles. The van der Waals surface area contributed by atoms with Crippen molar-refractivity contribution >= 4 is 29.1 Å². The van der Waals surface area contributed by atoms with Gasteiger partial charge < -0.3 is 15.4 Å². The molecule has 28 heavy (non-hydrogen) atoms. The second-order valence-corrected chi connectivity index (χ2v) is 6.52. The molecule has 1 heterocycles. The van der Waals surface area contributed by atoms with E-state index >= 15 is 0 Å². The van der Waals surface area contributed by atoms with Gasteiger partial charge in [0.2, 0.25) is 5.95 Å². The molecule has 7 heteroatoms. The van der Waals surface area contributed by atoms with Gasteiger partial charge in [-0.05, 0) is 42.7 Å². The van der Waals surface area contributed by atoms with Crippen LogP contribution in [0.4, 0.5) is 11.6 Å². The Morgan fingerprint density at radius 1 is 1.14 bits per heavy atom. The SMILES string of the molecule is COc1ccc(Cl)cc1NC(=O)c1ccnc(NCCCc2ccccc2)n1. The summed E-state index contributed by atoms with van der Waals surface area (Å²) in [5, 5.41) is 6.43. The molecule has 3 rings (SSSR count). The smallest absolute Gasteiger partial charge is 0.274 e. The van der Waals surface area contributed by atoms with Crippen LogP contribution in [0.5, 0.6) is 5.75 Å². The van der Waals surface area contributed by atoms with Crippen molar-refractivity contribution in [1.82, 2.24) is 9.97 Å². The van der Waals surface area contributed by atoms with Crippen LogP contribution in [0.1, 0.15) is 22.5 Å². The monoisotopic (exact) mass is 396 g/mol. The Labute approximate surface area is 168 Å². The average Bonchev–Trinajstić information content (AvgIpc) is 2.72. The normalized spacial score (nSPS) is 10.4. The Kier molecular flexibility index (Phi) is 6.81. The Bertz CT molecular complexity index is 935. The number of hydrogen-bond donors (Lipinski definition) is 2. The molecule has 0 atom stereocenters. The number of carbonyl (C=O) groups is 1. The second-order valence-electron chi connectivity index (χ2n) is 6.08. The fourth-order valence-corrected chi connectivity index (χ4v) is 2.84. The maximum atomic E-state index is 12.5.